The van der Waals surface area contributed by atoms with Gasteiger partial charge in [-0.25, -0.2) is 0 Å². The van der Waals surface area contributed by atoms with Crippen LogP contribution in [-0.4, -0.2) is 36.8 Å². The fourth-order valence-electron chi connectivity index (χ4n) is 1.32. The lowest BCUT2D eigenvalue weighted by Crippen LogP contribution is -2.41. The van der Waals surface area contributed by atoms with Gasteiger partial charge >= 0.3 is 0 Å². The number of benzene rings is 1. The number of nitrogens with two attached hydrogens (primary N) is 1. The molecule has 0 aliphatic heterocycles. The molecule has 2 nitrogen and oxygen atoms in total. The van der Waals surface area contributed by atoms with Crippen LogP contribution in [0.25, 0.3) is 0 Å². The normalized spacial score (nSPS) is 15.1. The molecule has 1 atom stereocenters. The quantitative estimate of drug-likeness (QED) is 0.772. The summed E-state index contributed by atoms with van der Waals surface area (Å²) in [5.41, 5.74) is 6.17. The van der Waals surface area contributed by atoms with E-state index in [1.165, 1.54) is 4.90 Å². The Labute approximate surface area is 103 Å². The Hall–Kier alpha value is -0.510. The summed E-state index contributed by atoms with van der Waals surface area (Å²) < 4.78 is 0. The van der Waals surface area contributed by atoms with Crippen LogP contribution in [0, 0.1) is 0 Å². The largest absolute Gasteiger partial charge is 0.325 e. The van der Waals surface area contributed by atoms with E-state index >= 15 is 0 Å². The highest BCUT2D eigenvalue weighted by Crippen LogP contribution is 2.22. The third kappa shape index (κ3) is 5.54. The Kier molecular flexibility index (Phi) is 5.32. The molecule has 0 radical (unpaired) electrons. The Morgan fingerprint density at radius 2 is 1.88 bits per heavy atom. The van der Waals surface area contributed by atoms with Gasteiger partial charge in [-0.3, -0.25) is 0 Å². The second-order valence-corrected chi connectivity index (χ2v) is 5.86. The minimum Gasteiger partial charge on any atom is -0.325 e. The SMILES string of the molecule is CN(C)CC[C@](C)(N)CSc1ccccc1. The van der Waals surface area contributed by atoms with Crippen molar-refractivity contribution in [1.82, 2.24) is 4.90 Å². The van der Waals surface area contributed by atoms with Crippen LogP contribution in [0.15, 0.2) is 35.2 Å². The standard InChI is InChI=1S/C13H22N2S/c1-13(14,9-10-15(2)3)11-16-12-7-5-4-6-8-12/h4-8H,9-11,14H2,1-3H3/t13-/m0/s1. The van der Waals surface area contributed by atoms with E-state index in [1.807, 2.05) is 17.8 Å². The molecule has 0 amide bonds. The average Bonchev–Trinajstić information content (AvgIpc) is 2.26. The van der Waals surface area contributed by atoms with Crippen molar-refractivity contribution in [2.45, 2.75) is 23.8 Å². The molecule has 90 valence electrons. The van der Waals surface area contributed by atoms with Gasteiger partial charge in [0.05, 0.1) is 0 Å². The maximum atomic E-state index is 6.27. The first-order chi connectivity index (χ1) is 7.49. The minimum absolute atomic E-state index is 0.0925. The number of thioether (sulfide) groups is 1. The first kappa shape index (κ1) is 13.6. The highest BCUT2D eigenvalue weighted by atomic mass is 32.2. The Morgan fingerprint density at radius 3 is 2.44 bits per heavy atom. The fourth-order valence-corrected chi connectivity index (χ4v) is 2.31. The van der Waals surface area contributed by atoms with E-state index < -0.39 is 0 Å². The third-order valence-electron chi connectivity index (χ3n) is 2.44. The molecular weight excluding hydrogens is 216 g/mol. The van der Waals surface area contributed by atoms with Gasteiger partial charge in [-0.15, -0.1) is 11.8 Å². The first-order valence-electron chi connectivity index (χ1n) is 5.61. The molecule has 1 aromatic rings. The summed E-state index contributed by atoms with van der Waals surface area (Å²) in [7, 11) is 4.17. The van der Waals surface area contributed by atoms with E-state index in [0.717, 1.165) is 18.7 Å². The Bertz CT molecular complexity index is 296. The molecule has 3 heteroatoms. The molecule has 0 spiro atoms. The summed E-state index contributed by atoms with van der Waals surface area (Å²) in [5.74, 6) is 0.963. The molecular formula is C13H22N2S. The molecule has 1 aromatic carbocycles. The van der Waals surface area contributed by atoms with Gasteiger partial charge in [-0.2, -0.15) is 0 Å². The second kappa shape index (κ2) is 6.28. The van der Waals surface area contributed by atoms with Crippen molar-refractivity contribution in [3.05, 3.63) is 30.3 Å². The molecule has 16 heavy (non-hydrogen) atoms. The topological polar surface area (TPSA) is 29.3 Å². The third-order valence-corrected chi connectivity index (χ3v) is 3.85. The number of rotatable bonds is 6. The van der Waals surface area contributed by atoms with E-state index in [4.69, 9.17) is 5.73 Å². The molecule has 0 fully saturated rings. The molecule has 0 bridgehead atoms. The van der Waals surface area contributed by atoms with Gasteiger partial charge in [0.25, 0.3) is 0 Å². The predicted octanol–water partition coefficient (Wildman–Crippen LogP) is 2.45. The van der Waals surface area contributed by atoms with Crippen molar-refractivity contribution in [3.63, 3.8) is 0 Å². The summed E-state index contributed by atoms with van der Waals surface area (Å²) >= 11 is 1.84. The average molecular weight is 238 g/mol. The van der Waals surface area contributed by atoms with Gasteiger partial charge in [0.15, 0.2) is 0 Å². The Balaban J connectivity index is 2.36. The molecule has 0 unspecified atom stereocenters. The zero-order valence-electron chi connectivity index (χ0n) is 10.4. The number of hydrogen-bond donors (Lipinski definition) is 1. The maximum absolute atomic E-state index is 6.27. The van der Waals surface area contributed by atoms with Crippen molar-refractivity contribution in [2.75, 3.05) is 26.4 Å². The summed E-state index contributed by atoms with van der Waals surface area (Å²) in [6, 6.07) is 10.4. The van der Waals surface area contributed by atoms with Crippen LogP contribution in [0.5, 0.6) is 0 Å². The van der Waals surface area contributed by atoms with Crippen LogP contribution in [-0.2, 0) is 0 Å². The fraction of sp³-hybridized carbons (Fsp3) is 0.538. The number of nitrogens with zero attached hydrogens (tertiary/aromatic N) is 1. The van der Waals surface area contributed by atoms with E-state index in [0.29, 0.717) is 0 Å². The summed E-state index contributed by atoms with van der Waals surface area (Å²) in [4.78, 5) is 3.47. The molecule has 2 N–H and O–H groups in total. The number of hydrogen-bond acceptors (Lipinski definition) is 3. The molecule has 0 heterocycles. The smallest absolute Gasteiger partial charge is 0.0233 e. The lowest BCUT2D eigenvalue weighted by Gasteiger charge is -2.25. The molecule has 0 aliphatic rings. The van der Waals surface area contributed by atoms with Crippen LogP contribution < -0.4 is 5.73 Å². The Morgan fingerprint density at radius 1 is 1.25 bits per heavy atom. The minimum atomic E-state index is -0.0925. The highest BCUT2D eigenvalue weighted by molar-refractivity contribution is 7.99. The zero-order chi connectivity index (χ0) is 12.0. The van der Waals surface area contributed by atoms with Gasteiger partial charge in [-0.05, 0) is 46.1 Å². The van der Waals surface area contributed by atoms with Gasteiger partial charge in [0.1, 0.15) is 0 Å². The van der Waals surface area contributed by atoms with E-state index in [2.05, 4.69) is 50.2 Å². The summed E-state index contributed by atoms with van der Waals surface area (Å²) in [6.45, 7) is 3.18. The first-order valence-corrected chi connectivity index (χ1v) is 6.60. The maximum Gasteiger partial charge on any atom is 0.0233 e. The van der Waals surface area contributed by atoms with Gasteiger partial charge in [0, 0.05) is 16.2 Å². The van der Waals surface area contributed by atoms with Crippen molar-refractivity contribution < 1.29 is 0 Å². The zero-order valence-corrected chi connectivity index (χ0v) is 11.3. The van der Waals surface area contributed by atoms with E-state index in [9.17, 15) is 0 Å². The van der Waals surface area contributed by atoms with Crippen molar-refractivity contribution in [2.24, 2.45) is 5.73 Å². The molecule has 0 saturated heterocycles. The van der Waals surface area contributed by atoms with Crippen molar-refractivity contribution in [1.29, 1.82) is 0 Å². The van der Waals surface area contributed by atoms with Gasteiger partial charge in [0.2, 0.25) is 0 Å². The lowest BCUT2D eigenvalue weighted by atomic mass is 10.0. The molecule has 0 saturated carbocycles. The van der Waals surface area contributed by atoms with E-state index in [1.54, 1.807) is 0 Å². The monoisotopic (exact) mass is 238 g/mol. The van der Waals surface area contributed by atoms with Crippen LogP contribution in [0.3, 0.4) is 0 Å². The molecule has 0 aromatic heterocycles. The molecule has 1 rings (SSSR count). The van der Waals surface area contributed by atoms with Crippen LogP contribution in [0.1, 0.15) is 13.3 Å². The van der Waals surface area contributed by atoms with Crippen LogP contribution in [0.2, 0.25) is 0 Å². The lowest BCUT2D eigenvalue weighted by molar-refractivity contribution is 0.347. The highest BCUT2D eigenvalue weighted by Gasteiger charge is 2.18. The van der Waals surface area contributed by atoms with Gasteiger partial charge < -0.3 is 10.6 Å². The van der Waals surface area contributed by atoms with Crippen molar-refractivity contribution >= 4 is 11.8 Å². The predicted molar refractivity (Wildman–Crippen MR) is 72.9 cm³/mol. The van der Waals surface area contributed by atoms with Crippen molar-refractivity contribution in [3.8, 4) is 0 Å². The van der Waals surface area contributed by atoms with Crippen LogP contribution >= 0.6 is 11.8 Å². The summed E-state index contributed by atoms with van der Waals surface area (Å²) in [6.07, 6.45) is 1.03. The molecule has 0 aliphatic carbocycles. The van der Waals surface area contributed by atoms with E-state index in [-0.39, 0.29) is 5.54 Å². The van der Waals surface area contributed by atoms with Gasteiger partial charge in [-0.1, -0.05) is 18.2 Å². The summed E-state index contributed by atoms with van der Waals surface area (Å²) in [5, 5.41) is 0. The second-order valence-electron chi connectivity index (χ2n) is 4.81. The van der Waals surface area contributed by atoms with Crippen LogP contribution in [0.4, 0.5) is 0 Å².